The van der Waals surface area contributed by atoms with E-state index in [1.54, 1.807) is 12.1 Å². The molecule has 134 valence electrons. The van der Waals surface area contributed by atoms with Gasteiger partial charge < -0.3 is 15.5 Å². The third-order valence-electron chi connectivity index (χ3n) is 4.86. The van der Waals surface area contributed by atoms with Crippen molar-refractivity contribution in [1.82, 2.24) is 5.32 Å². The van der Waals surface area contributed by atoms with Gasteiger partial charge in [0, 0.05) is 18.9 Å². The fraction of sp³-hybridized carbons (Fsp3) is 0.526. The molecule has 0 unspecified atom stereocenters. The molecule has 0 saturated heterocycles. The highest BCUT2D eigenvalue weighted by molar-refractivity contribution is 6.10. The van der Waals surface area contributed by atoms with E-state index >= 15 is 0 Å². The Hall–Kier alpha value is -2.37. The molecule has 1 aromatic rings. The number of nitrogens with one attached hydrogen (secondary N) is 2. The molecule has 6 heteroatoms. The highest BCUT2D eigenvalue weighted by Gasteiger charge is 2.26. The zero-order chi connectivity index (χ0) is 17.6. The molecule has 0 bridgehead atoms. The van der Waals surface area contributed by atoms with Gasteiger partial charge in [0.15, 0.2) is 0 Å². The van der Waals surface area contributed by atoms with E-state index in [4.69, 9.17) is 0 Å². The van der Waals surface area contributed by atoms with E-state index in [0.717, 1.165) is 25.7 Å². The normalized spacial score (nSPS) is 18.1. The number of anilines is 2. The maximum Gasteiger partial charge on any atom is 0.244 e. The first-order valence-electron chi connectivity index (χ1n) is 9.12. The first-order chi connectivity index (χ1) is 12.1. The van der Waals surface area contributed by atoms with Crippen molar-refractivity contribution in [3.8, 4) is 0 Å². The van der Waals surface area contributed by atoms with Crippen LogP contribution < -0.4 is 15.5 Å². The zero-order valence-corrected chi connectivity index (χ0v) is 14.4. The molecule has 0 aromatic heterocycles. The van der Waals surface area contributed by atoms with Crippen LogP contribution in [0.15, 0.2) is 24.3 Å². The van der Waals surface area contributed by atoms with Crippen molar-refractivity contribution in [2.75, 3.05) is 16.8 Å². The summed E-state index contributed by atoms with van der Waals surface area (Å²) in [7, 11) is 0. The van der Waals surface area contributed by atoms with Crippen LogP contribution >= 0.6 is 0 Å². The van der Waals surface area contributed by atoms with Crippen molar-refractivity contribution >= 4 is 29.1 Å². The fourth-order valence-corrected chi connectivity index (χ4v) is 3.53. The van der Waals surface area contributed by atoms with Gasteiger partial charge in [-0.25, -0.2) is 0 Å². The summed E-state index contributed by atoms with van der Waals surface area (Å²) in [6.45, 7) is 0.0000900. The Kier molecular flexibility index (Phi) is 5.68. The van der Waals surface area contributed by atoms with Gasteiger partial charge in [0.2, 0.25) is 17.7 Å². The number of fused-ring (bicyclic) bond motifs is 1. The maximum absolute atomic E-state index is 12.5. The molecule has 3 rings (SSSR count). The van der Waals surface area contributed by atoms with Gasteiger partial charge in [0.05, 0.1) is 11.4 Å². The van der Waals surface area contributed by atoms with E-state index in [-0.39, 0.29) is 43.1 Å². The molecule has 1 aliphatic heterocycles. The quantitative estimate of drug-likeness (QED) is 0.825. The number of hydrogen-bond donors (Lipinski definition) is 2. The average molecular weight is 343 g/mol. The van der Waals surface area contributed by atoms with E-state index in [2.05, 4.69) is 10.6 Å². The molecule has 1 aliphatic carbocycles. The van der Waals surface area contributed by atoms with E-state index in [0.29, 0.717) is 11.4 Å². The predicted octanol–water partition coefficient (Wildman–Crippen LogP) is 2.59. The minimum absolute atomic E-state index is 0.0000900. The average Bonchev–Trinajstić information content (AvgIpc) is 2.87. The molecule has 1 fully saturated rings. The summed E-state index contributed by atoms with van der Waals surface area (Å²) >= 11 is 0. The molecule has 1 saturated carbocycles. The molecule has 3 amide bonds. The third kappa shape index (κ3) is 4.59. The van der Waals surface area contributed by atoms with Crippen LogP contribution in [0.25, 0.3) is 0 Å². The number of benzene rings is 1. The minimum atomic E-state index is -0.213. The SMILES string of the molecule is O=C1CN(C(=O)CCC(=O)NC2CCCCCC2)c2ccccc2N1. The summed E-state index contributed by atoms with van der Waals surface area (Å²) in [5.74, 6) is -0.483. The Balaban J connectivity index is 1.54. The molecule has 6 nitrogen and oxygen atoms in total. The monoisotopic (exact) mass is 343 g/mol. The van der Waals surface area contributed by atoms with Gasteiger partial charge in [-0.3, -0.25) is 14.4 Å². The highest BCUT2D eigenvalue weighted by Crippen LogP contribution is 2.29. The summed E-state index contributed by atoms with van der Waals surface area (Å²) in [5, 5.41) is 5.81. The molecule has 1 aromatic carbocycles. The largest absolute Gasteiger partial charge is 0.353 e. The van der Waals surface area contributed by atoms with Gasteiger partial charge in [-0.05, 0) is 25.0 Å². The van der Waals surface area contributed by atoms with Crippen LogP contribution in [0.3, 0.4) is 0 Å². The Morgan fingerprint density at radius 3 is 2.56 bits per heavy atom. The van der Waals surface area contributed by atoms with Crippen molar-refractivity contribution in [2.45, 2.75) is 57.4 Å². The molecule has 2 aliphatic rings. The lowest BCUT2D eigenvalue weighted by molar-refractivity contribution is -0.126. The second-order valence-electron chi connectivity index (χ2n) is 6.80. The van der Waals surface area contributed by atoms with Gasteiger partial charge in [-0.2, -0.15) is 0 Å². The molecule has 25 heavy (non-hydrogen) atoms. The van der Waals surface area contributed by atoms with Crippen molar-refractivity contribution in [3.05, 3.63) is 24.3 Å². The van der Waals surface area contributed by atoms with Crippen molar-refractivity contribution in [1.29, 1.82) is 0 Å². The van der Waals surface area contributed by atoms with Crippen LogP contribution in [-0.4, -0.2) is 30.3 Å². The number of hydrogen-bond acceptors (Lipinski definition) is 3. The van der Waals surface area contributed by atoms with Gasteiger partial charge >= 0.3 is 0 Å². The topological polar surface area (TPSA) is 78.5 Å². The number of nitrogens with zero attached hydrogens (tertiary/aromatic N) is 1. The summed E-state index contributed by atoms with van der Waals surface area (Å²) in [5.41, 5.74) is 1.33. The van der Waals surface area contributed by atoms with Crippen LogP contribution in [-0.2, 0) is 14.4 Å². The Morgan fingerprint density at radius 2 is 1.80 bits per heavy atom. The number of carbonyl (C=O) groups excluding carboxylic acids is 3. The Labute approximate surface area is 148 Å². The lowest BCUT2D eigenvalue weighted by Gasteiger charge is -2.29. The van der Waals surface area contributed by atoms with Gasteiger partial charge in [-0.15, -0.1) is 0 Å². The van der Waals surface area contributed by atoms with Gasteiger partial charge in [0.25, 0.3) is 0 Å². The first-order valence-corrected chi connectivity index (χ1v) is 9.12. The smallest absolute Gasteiger partial charge is 0.244 e. The second kappa shape index (κ2) is 8.14. The number of carbonyl (C=O) groups is 3. The predicted molar refractivity (Wildman–Crippen MR) is 96.3 cm³/mol. The van der Waals surface area contributed by atoms with Crippen LogP contribution in [0.2, 0.25) is 0 Å². The Bertz CT molecular complexity index is 651. The lowest BCUT2D eigenvalue weighted by atomic mass is 10.1. The molecular weight excluding hydrogens is 318 g/mol. The highest BCUT2D eigenvalue weighted by atomic mass is 16.2. The molecule has 0 atom stereocenters. The maximum atomic E-state index is 12.5. The first kappa shape index (κ1) is 17.5. The third-order valence-corrected chi connectivity index (χ3v) is 4.86. The standard InChI is InChI=1S/C19H25N3O3/c23-17(20-14-7-3-1-2-4-8-14)11-12-19(25)22-13-18(24)21-15-9-5-6-10-16(15)22/h5-6,9-10,14H,1-4,7-8,11-13H2,(H,20,23)(H,21,24). The van der Waals surface area contributed by atoms with Crippen LogP contribution in [0, 0.1) is 0 Å². The van der Waals surface area contributed by atoms with E-state index in [9.17, 15) is 14.4 Å². The van der Waals surface area contributed by atoms with Crippen LogP contribution in [0.1, 0.15) is 51.4 Å². The summed E-state index contributed by atoms with van der Waals surface area (Å²) in [6, 6.07) is 7.46. The van der Waals surface area contributed by atoms with E-state index in [1.807, 2.05) is 12.1 Å². The molecule has 2 N–H and O–H groups in total. The summed E-state index contributed by atoms with van der Waals surface area (Å²) in [4.78, 5) is 37.9. The van der Waals surface area contributed by atoms with Gasteiger partial charge in [0.1, 0.15) is 6.54 Å². The van der Waals surface area contributed by atoms with Crippen LogP contribution in [0.5, 0.6) is 0 Å². The van der Waals surface area contributed by atoms with E-state index < -0.39 is 0 Å². The number of rotatable bonds is 4. The number of amides is 3. The van der Waals surface area contributed by atoms with Crippen molar-refractivity contribution in [3.63, 3.8) is 0 Å². The zero-order valence-electron chi connectivity index (χ0n) is 14.4. The summed E-state index contributed by atoms with van der Waals surface area (Å²) < 4.78 is 0. The van der Waals surface area contributed by atoms with E-state index in [1.165, 1.54) is 17.7 Å². The molecule has 0 spiro atoms. The fourth-order valence-electron chi connectivity index (χ4n) is 3.53. The minimum Gasteiger partial charge on any atom is -0.353 e. The Morgan fingerprint density at radius 1 is 1.08 bits per heavy atom. The lowest BCUT2D eigenvalue weighted by Crippen LogP contribution is -2.42. The molecule has 0 radical (unpaired) electrons. The molecular formula is C19H25N3O3. The summed E-state index contributed by atoms with van der Waals surface area (Å²) in [6.07, 6.45) is 7.12. The second-order valence-corrected chi connectivity index (χ2v) is 6.80. The van der Waals surface area contributed by atoms with Crippen molar-refractivity contribution < 1.29 is 14.4 Å². The number of para-hydroxylation sites is 2. The van der Waals surface area contributed by atoms with Crippen molar-refractivity contribution in [2.24, 2.45) is 0 Å². The molecule has 1 heterocycles. The van der Waals surface area contributed by atoms with Crippen LogP contribution in [0.4, 0.5) is 11.4 Å². The van der Waals surface area contributed by atoms with Gasteiger partial charge in [-0.1, -0.05) is 37.8 Å².